The van der Waals surface area contributed by atoms with Crippen LogP contribution in [0, 0.1) is 0 Å². The molecular formula is C15H19N3O. The summed E-state index contributed by atoms with van der Waals surface area (Å²) in [5, 5.41) is 0. The van der Waals surface area contributed by atoms with Crippen LogP contribution in [0.5, 0.6) is 5.88 Å². The number of pyridine rings is 1. The van der Waals surface area contributed by atoms with Crippen molar-refractivity contribution >= 4 is 5.82 Å². The molecule has 0 unspecified atom stereocenters. The summed E-state index contributed by atoms with van der Waals surface area (Å²) in [5.41, 5.74) is 6.93. The van der Waals surface area contributed by atoms with Crippen LogP contribution in [0.4, 0.5) is 5.82 Å². The van der Waals surface area contributed by atoms with Crippen LogP contribution in [-0.4, -0.2) is 25.2 Å². The molecule has 0 radical (unpaired) electrons. The Labute approximate surface area is 113 Å². The van der Waals surface area contributed by atoms with E-state index in [4.69, 9.17) is 10.5 Å². The highest BCUT2D eigenvalue weighted by molar-refractivity contribution is 5.41. The molecule has 0 saturated heterocycles. The highest BCUT2D eigenvalue weighted by Gasteiger charge is 2.08. The number of anilines is 1. The van der Waals surface area contributed by atoms with Crippen LogP contribution in [0.1, 0.15) is 5.56 Å². The SMILES string of the molecule is COc1cccc(N(CCN)Cc2ccccc2)n1. The topological polar surface area (TPSA) is 51.4 Å². The Morgan fingerprint density at radius 1 is 1.11 bits per heavy atom. The van der Waals surface area contributed by atoms with Gasteiger partial charge < -0.3 is 15.4 Å². The third-order valence-electron chi connectivity index (χ3n) is 2.86. The van der Waals surface area contributed by atoms with Gasteiger partial charge in [0.15, 0.2) is 0 Å². The fourth-order valence-electron chi connectivity index (χ4n) is 1.93. The zero-order valence-electron chi connectivity index (χ0n) is 11.1. The number of nitrogens with two attached hydrogens (primary N) is 1. The van der Waals surface area contributed by atoms with Crippen molar-refractivity contribution in [2.24, 2.45) is 5.73 Å². The van der Waals surface area contributed by atoms with E-state index in [1.807, 2.05) is 36.4 Å². The van der Waals surface area contributed by atoms with Gasteiger partial charge in [-0.2, -0.15) is 4.98 Å². The molecule has 1 aromatic carbocycles. The van der Waals surface area contributed by atoms with E-state index >= 15 is 0 Å². The van der Waals surface area contributed by atoms with Crippen LogP contribution in [0.2, 0.25) is 0 Å². The zero-order valence-corrected chi connectivity index (χ0v) is 11.1. The first kappa shape index (κ1) is 13.4. The molecule has 2 N–H and O–H groups in total. The summed E-state index contributed by atoms with van der Waals surface area (Å²) in [7, 11) is 1.62. The molecular weight excluding hydrogens is 238 g/mol. The van der Waals surface area contributed by atoms with E-state index in [0.717, 1.165) is 18.9 Å². The van der Waals surface area contributed by atoms with Crippen molar-refractivity contribution in [3.63, 3.8) is 0 Å². The summed E-state index contributed by atoms with van der Waals surface area (Å²) in [6, 6.07) is 16.0. The van der Waals surface area contributed by atoms with Gasteiger partial charge in [0, 0.05) is 25.7 Å². The van der Waals surface area contributed by atoms with Crippen molar-refractivity contribution < 1.29 is 4.74 Å². The van der Waals surface area contributed by atoms with Crippen molar-refractivity contribution in [3.05, 3.63) is 54.1 Å². The van der Waals surface area contributed by atoms with Crippen LogP contribution in [0.25, 0.3) is 0 Å². The summed E-state index contributed by atoms with van der Waals surface area (Å²) in [5.74, 6) is 1.50. The second kappa shape index (κ2) is 6.75. The van der Waals surface area contributed by atoms with Crippen LogP contribution >= 0.6 is 0 Å². The molecule has 19 heavy (non-hydrogen) atoms. The van der Waals surface area contributed by atoms with Gasteiger partial charge in [-0.15, -0.1) is 0 Å². The average molecular weight is 257 g/mol. The van der Waals surface area contributed by atoms with Gasteiger partial charge in [0.1, 0.15) is 5.82 Å². The van der Waals surface area contributed by atoms with Crippen molar-refractivity contribution in [3.8, 4) is 5.88 Å². The molecule has 4 nitrogen and oxygen atoms in total. The summed E-state index contributed by atoms with van der Waals surface area (Å²) < 4.78 is 5.16. The number of rotatable bonds is 6. The van der Waals surface area contributed by atoms with Gasteiger partial charge in [0.2, 0.25) is 5.88 Å². The predicted molar refractivity (Wildman–Crippen MR) is 77.3 cm³/mol. The number of benzene rings is 1. The van der Waals surface area contributed by atoms with E-state index in [-0.39, 0.29) is 0 Å². The lowest BCUT2D eigenvalue weighted by Gasteiger charge is -2.23. The molecule has 2 rings (SSSR count). The van der Waals surface area contributed by atoms with Gasteiger partial charge >= 0.3 is 0 Å². The average Bonchev–Trinajstić information content (AvgIpc) is 2.48. The van der Waals surface area contributed by atoms with E-state index in [0.29, 0.717) is 12.4 Å². The second-order valence-corrected chi connectivity index (χ2v) is 4.23. The maximum atomic E-state index is 5.69. The van der Waals surface area contributed by atoms with Gasteiger partial charge in [-0.05, 0) is 11.6 Å². The lowest BCUT2D eigenvalue weighted by Crippen LogP contribution is -2.29. The second-order valence-electron chi connectivity index (χ2n) is 4.23. The fraction of sp³-hybridized carbons (Fsp3) is 0.267. The summed E-state index contributed by atoms with van der Waals surface area (Å²) >= 11 is 0. The molecule has 0 spiro atoms. The number of hydrogen-bond donors (Lipinski definition) is 1. The number of ether oxygens (including phenoxy) is 1. The van der Waals surface area contributed by atoms with Gasteiger partial charge in [-0.3, -0.25) is 0 Å². The highest BCUT2D eigenvalue weighted by Crippen LogP contribution is 2.17. The molecule has 2 aromatic rings. The molecule has 0 aliphatic rings. The largest absolute Gasteiger partial charge is 0.481 e. The summed E-state index contributed by atoms with van der Waals surface area (Å²) in [6.45, 7) is 2.14. The van der Waals surface area contributed by atoms with Gasteiger partial charge in [-0.1, -0.05) is 36.4 Å². The van der Waals surface area contributed by atoms with Crippen LogP contribution in [0.3, 0.4) is 0 Å². The third-order valence-corrected chi connectivity index (χ3v) is 2.86. The fourth-order valence-corrected chi connectivity index (χ4v) is 1.93. The molecule has 100 valence electrons. The molecule has 0 saturated carbocycles. The van der Waals surface area contributed by atoms with Crippen molar-refractivity contribution in [2.75, 3.05) is 25.1 Å². The minimum absolute atomic E-state index is 0.589. The monoisotopic (exact) mass is 257 g/mol. The number of nitrogens with zero attached hydrogens (tertiary/aromatic N) is 2. The Hall–Kier alpha value is -2.07. The van der Waals surface area contributed by atoms with Crippen molar-refractivity contribution in [2.45, 2.75) is 6.54 Å². The first-order chi connectivity index (χ1) is 9.33. The maximum Gasteiger partial charge on any atom is 0.214 e. The lowest BCUT2D eigenvalue weighted by atomic mass is 10.2. The van der Waals surface area contributed by atoms with E-state index in [9.17, 15) is 0 Å². The molecule has 0 amide bonds. The Kier molecular flexibility index (Phi) is 4.75. The summed E-state index contributed by atoms with van der Waals surface area (Å²) in [4.78, 5) is 6.61. The number of hydrogen-bond acceptors (Lipinski definition) is 4. The molecule has 0 aliphatic carbocycles. The Balaban J connectivity index is 2.19. The quantitative estimate of drug-likeness (QED) is 0.860. The van der Waals surface area contributed by atoms with E-state index in [1.54, 1.807) is 7.11 Å². The number of aromatic nitrogens is 1. The highest BCUT2D eigenvalue weighted by atomic mass is 16.5. The summed E-state index contributed by atoms with van der Waals surface area (Å²) in [6.07, 6.45) is 0. The third kappa shape index (κ3) is 3.69. The predicted octanol–water partition coefficient (Wildman–Crippen LogP) is 2.06. The smallest absolute Gasteiger partial charge is 0.214 e. The standard InChI is InChI=1S/C15H19N3O/c1-19-15-9-5-8-14(17-15)18(11-10-16)12-13-6-3-2-4-7-13/h2-9H,10-12,16H2,1H3. The Morgan fingerprint density at radius 2 is 1.89 bits per heavy atom. The van der Waals surface area contributed by atoms with Crippen LogP contribution in [0.15, 0.2) is 48.5 Å². The molecule has 0 atom stereocenters. The zero-order chi connectivity index (χ0) is 13.5. The maximum absolute atomic E-state index is 5.69. The Bertz CT molecular complexity index is 502. The molecule has 1 heterocycles. The van der Waals surface area contributed by atoms with Crippen molar-refractivity contribution in [1.29, 1.82) is 0 Å². The lowest BCUT2D eigenvalue weighted by molar-refractivity contribution is 0.398. The normalized spacial score (nSPS) is 10.2. The van der Waals surface area contributed by atoms with Gasteiger partial charge in [-0.25, -0.2) is 0 Å². The molecule has 0 fully saturated rings. The first-order valence-corrected chi connectivity index (χ1v) is 6.33. The molecule has 4 heteroatoms. The molecule has 0 bridgehead atoms. The molecule has 1 aromatic heterocycles. The van der Waals surface area contributed by atoms with Crippen molar-refractivity contribution in [1.82, 2.24) is 4.98 Å². The van der Waals surface area contributed by atoms with Gasteiger partial charge in [0.05, 0.1) is 7.11 Å². The first-order valence-electron chi connectivity index (χ1n) is 6.33. The minimum atomic E-state index is 0.589. The van der Waals surface area contributed by atoms with Crippen LogP contribution < -0.4 is 15.4 Å². The number of methoxy groups -OCH3 is 1. The minimum Gasteiger partial charge on any atom is -0.481 e. The van der Waals surface area contributed by atoms with E-state index < -0.39 is 0 Å². The van der Waals surface area contributed by atoms with Gasteiger partial charge in [0.25, 0.3) is 0 Å². The Morgan fingerprint density at radius 3 is 2.58 bits per heavy atom. The van der Waals surface area contributed by atoms with E-state index in [1.165, 1.54) is 5.56 Å². The van der Waals surface area contributed by atoms with Crippen LogP contribution in [-0.2, 0) is 6.54 Å². The molecule has 0 aliphatic heterocycles. The van der Waals surface area contributed by atoms with E-state index in [2.05, 4.69) is 22.0 Å².